The first-order chi connectivity index (χ1) is 10.4. The molecule has 1 aromatic heterocycles. The van der Waals surface area contributed by atoms with E-state index in [0.717, 1.165) is 25.9 Å². The Balaban J connectivity index is 0.00000264. The number of hydrogen-bond acceptors (Lipinski definition) is 5. The highest BCUT2D eigenvalue weighted by Crippen LogP contribution is 2.22. The van der Waals surface area contributed by atoms with Gasteiger partial charge in [-0.15, -0.1) is 12.4 Å². The molecule has 1 aromatic rings. The third kappa shape index (κ3) is 4.42. The van der Waals surface area contributed by atoms with Crippen molar-refractivity contribution >= 4 is 24.0 Å². The minimum Gasteiger partial charge on any atom is -0.343 e. The molecule has 8 nitrogen and oxygen atoms in total. The molecule has 1 N–H and O–H groups in total. The number of nitrogens with zero attached hydrogens (tertiary/aromatic N) is 4. The lowest BCUT2D eigenvalue weighted by Gasteiger charge is -2.31. The van der Waals surface area contributed by atoms with Crippen LogP contribution in [0.4, 0.5) is 5.69 Å². The molecular weight excluding hydrogens is 322 g/mol. The summed E-state index contributed by atoms with van der Waals surface area (Å²) >= 11 is 0. The fourth-order valence-corrected chi connectivity index (χ4v) is 2.94. The Morgan fingerprint density at radius 2 is 2.04 bits per heavy atom. The van der Waals surface area contributed by atoms with Crippen LogP contribution in [0.15, 0.2) is 0 Å². The van der Waals surface area contributed by atoms with Crippen LogP contribution in [0.5, 0.6) is 0 Å². The Hall–Kier alpha value is -1.67. The lowest BCUT2D eigenvalue weighted by molar-refractivity contribution is -0.386. The molecule has 0 aromatic carbocycles. The summed E-state index contributed by atoms with van der Waals surface area (Å²) in [6.07, 6.45) is 2.24. The van der Waals surface area contributed by atoms with Crippen LogP contribution < -0.4 is 5.32 Å². The number of amides is 1. The average molecular weight is 346 g/mol. The van der Waals surface area contributed by atoms with Crippen molar-refractivity contribution in [3.8, 4) is 0 Å². The molecule has 1 aliphatic heterocycles. The van der Waals surface area contributed by atoms with Gasteiger partial charge in [0.25, 0.3) is 0 Å². The molecule has 0 spiro atoms. The molecule has 2 rings (SSSR count). The molecule has 130 valence electrons. The predicted octanol–water partition coefficient (Wildman–Crippen LogP) is 1.43. The molecule has 0 saturated carbocycles. The highest BCUT2D eigenvalue weighted by atomic mass is 35.5. The van der Waals surface area contributed by atoms with E-state index in [4.69, 9.17) is 0 Å². The van der Waals surface area contributed by atoms with E-state index in [9.17, 15) is 14.9 Å². The van der Waals surface area contributed by atoms with E-state index in [1.165, 1.54) is 0 Å². The molecular formula is C14H24ClN5O3. The molecule has 1 fully saturated rings. The summed E-state index contributed by atoms with van der Waals surface area (Å²) in [4.78, 5) is 24.6. The Bertz CT molecular complexity index is 569. The molecule has 0 unspecified atom stereocenters. The van der Waals surface area contributed by atoms with E-state index < -0.39 is 4.92 Å². The van der Waals surface area contributed by atoms with Gasteiger partial charge in [0.2, 0.25) is 5.91 Å². The Kier molecular flexibility index (Phi) is 6.96. The van der Waals surface area contributed by atoms with Gasteiger partial charge in [0, 0.05) is 19.5 Å². The van der Waals surface area contributed by atoms with Crippen molar-refractivity contribution in [2.24, 2.45) is 0 Å². The van der Waals surface area contributed by atoms with Crippen molar-refractivity contribution in [1.82, 2.24) is 20.0 Å². The molecule has 1 amide bonds. The second-order valence-electron chi connectivity index (χ2n) is 5.74. The number of aryl methyl sites for hydroxylation is 2. The topological polar surface area (TPSA) is 93.3 Å². The molecule has 0 bridgehead atoms. The van der Waals surface area contributed by atoms with Gasteiger partial charge in [-0.25, -0.2) is 0 Å². The van der Waals surface area contributed by atoms with Crippen LogP contribution in [0.3, 0.4) is 0 Å². The van der Waals surface area contributed by atoms with Crippen molar-refractivity contribution < 1.29 is 9.72 Å². The molecule has 9 heteroatoms. The lowest BCUT2D eigenvalue weighted by atomic mass is 10.1. The molecule has 1 aliphatic rings. The van der Waals surface area contributed by atoms with Gasteiger partial charge in [-0.3, -0.25) is 19.6 Å². The minimum atomic E-state index is -0.420. The first-order valence-corrected chi connectivity index (χ1v) is 7.56. The molecule has 1 saturated heterocycles. The van der Waals surface area contributed by atoms with Gasteiger partial charge in [-0.2, -0.15) is 5.10 Å². The van der Waals surface area contributed by atoms with Crippen LogP contribution in [-0.2, 0) is 11.3 Å². The number of piperidine rings is 1. The predicted molar refractivity (Wildman–Crippen MR) is 88.9 cm³/mol. The third-order valence-electron chi connectivity index (χ3n) is 4.31. The summed E-state index contributed by atoms with van der Waals surface area (Å²) < 4.78 is 1.56. The highest BCUT2D eigenvalue weighted by molar-refractivity contribution is 5.85. The monoisotopic (exact) mass is 345 g/mol. The van der Waals surface area contributed by atoms with Crippen LogP contribution >= 0.6 is 12.4 Å². The average Bonchev–Trinajstić information content (AvgIpc) is 2.79. The van der Waals surface area contributed by atoms with Crippen molar-refractivity contribution in [3.63, 3.8) is 0 Å². The molecule has 0 radical (unpaired) electrons. The first kappa shape index (κ1) is 19.4. The summed E-state index contributed by atoms with van der Waals surface area (Å²) in [5, 5.41) is 18.4. The van der Waals surface area contributed by atoms with E-state index in [1.54, 1.807) is 23.4 Å². The number of nitrogens with one attached hydrogen (secondary N) is 1. The van der Waals surface area contributed by atoms with E-state index in [2.05, 4.69) is 10.4 Å². The van der Waals surface area contributed by atoms with Gasteiger partial charge in [0.1, 0.15) is 11.4 Å². The first-order valence-electron chi connectivity index (χ1n) is 7.56. The SMILES string of the molecule is Cc1nn(CCC(=O)N(C)C2CCNCC2)c(C)c1[N+](=O)[O-].Cl. The fraction of sp³-hybridized carbons (Fsp3) is 0.714. The highest BCUT2D eigenvalue weighted by Gasteiger charge is 2.24. The molecule has 23 heavy (non-hydrogen) atoms. The van der Waals surface area contributed by atoms with Gasteiger partial charge >= 0.3 is 5.69 Å². The number of aromatic nitrogens is 2. The third-order valence-corrected chi connectivity index (χ3v) is 4.31. The van der Waals surface area contributed by atoms with E-state index in [1.807, 2.05) is 7.05 Å². The number of hydrogen-bond donors (Lipinski definition) is 1. The van der Waals surface area contributed by atoms with E-state index in [-0.39, 0.29) is 30.0 Å². The normalized spacial score (nSPS) is 15.1. The van der Waals surface area contributed by atoms with Gasteiger partial charge in [0.15, 0.2) is 0 Å². The van der Waals surface area contributed by atoms with Crippen molar-refractivity contribution in [1.29, 1.82) is 0 Å². The largest absolute Gasteiger partial charge is 0.343 e. The number of carbonyl (C=O) groups is 1. The Morgan fingerprint density at radius 3 is 2.57 bits per heavy atom. The Morgan fingerprint density at radius 1 is 1.43 bits per heavy atom. The number of rotatable bonds is 5. The van der Waals surface area contributed by atoms with Crippen molar-refractivity contribution in [2.75, 3.05) is 20.1 Å². The quantitative estimate of drug-likeness (QED) is 0.643. The molecule has 0 aliphatic carbocycles. The standard InChI is InChI=1S/C14H23N5O3.ClH/c1-10-14(19(21)22)11(2)18(16-10)9-6-13(20)17(3)12-4-7-15-8-5-12;/h12,15H,4-9H2,1-3H3;1H. The maximum absolute atomic E-state index is 12.3. The van der Waals surface area contributed by atoms with Crippen LogP contribution in [0.2, 0.25) is 0 Å². The zero-order chi connectivity index (χ0) is 16.3. The molecule has 2 heterocycles. The summed E-state index contributed by atoms with van der Waals surface area (Å²) in [5.41, 5.74) is 0.931. The maximum atomic E-state index is 12.3. The number of halogens is 1. The zero-order valence-corrected chi connectivity index (χ0v) is 14.6. The smallest absolute Gasteiger partial charge is 0.312 e. The summed E-state index contributed by atoms with van der Waals surface area (Å²) in [6, 6.07) is 0.281. The van der Waals surface area contributed by atoms with Gasteiger partial charge in [-0.05, 0) is 39.8 Å². The Labute approximate surface area is 141 Å². The summed E-state index contributed by atoms with van der Waals surface area (Å²) in [6.45, 7) is 5.52. The van der Waals surface area contributed by atoms with Crippen LogP contribution in [-0.4, -0.2) is 51.7 Å². The summed E-state index contributed by atoms with van der Waals surface area (Å²) in [5.74, 6) is 0.0575. The summed E-state index contributed by atoms with van der Waals surface area (Å²) in [7, 11) is 1.84. The van der Waals surface area contributed by atoms with Gasteiger partial charge in [0.05, 0.1) is 11.5 Å². The van der Waals surface area contributed by atoms with Crippen molar-refractivity contribution in [2.45, 2.75) is 45.7 Å². The van der Waals surface area contributed by atoms with Gasteiger partial charge < -0.3 is 10.2 Å². The van der Waals surface area contributed by atoms with Crippen molar-refractivity contribution in [3.05, 3.63) is 21.5 Å². The van der Waals surface area contributed by atoms with E-state index >= 15 is 0 Å². The number of nitro groups is 1. The second-order valence-corrected chi connectivity index (χ2v) is 5.74. The maximum Gasteiger partial charge on any atom is 0.312 e. The minimum absolute atomic E-state index is 0. The number of carbonyl (C=O) groups excluding carboxylic acids is 1. The zero-order valence-electron chi connectivity index (χ0n) is 13.7. The second kappa shape index (κ2) is 8.26. The lowest BCUT2D eigenvalue weighted by Crippen LogP contribution is -2.44. The molecule has 0 atom stereocenters. The van der Waals surface area contributed by atoms with Crippen LogP contribution in [0, 0.1) is 24.0 Å². The van der Waals surface area contributed by atoms with Crippen LogP contribution in [0.1, 0.15) is 30.7 Å². The van der Waals surface area contributed by atoms with Crippen LogP contribution in [0.25, 0.3) is 0 Å². The fourth-order valence-electron chi connectivity index (χ4n) is 2.94. The van der Waals surface area contributed by atoms with Gasteiger partial charge in [-0.1, -0.05) is 0 Å². The van der Waals surface area contributed by atoms with E-state index in [0.29, 0.717) is 24.4 Å².